The van der Waals surface area contributed by atoms with Gasteiger partial charge in [0.05, 0.1) is 6.10 Å². The minimum Gasteiger partial charge on any atom is -0.480 e. The fourth-order valence-corrected chi connectivity index (χ4v) is 1.27. The molecule has 0 spiro atoms. The predicted octanol–water partition coefficient (Wildman–Crippen LogP) is 0.426. The van der Waals surface area contributed by atoms with Gasteiger partial charge in [0, 0.05) is 12.6 Å². The molecular weight excluding hydrogens is 224 g/mol. The Morgan fingerprint density at radius 3 is 2.24 bits per heavy atom. The zero-order valence-electron chi connectivity index (χ0n) is 10.4. The molecule has 0 saturated carbocycles. The van der Waals surface area contributed by atoms with Crippen molar-refractivity contribution in [3.63, 3.8) is 0 Å². The number of urea groups is 1. The van der Waals surface area contributed by atoms with E-state index in [1.165, 1.54) is 11.8 Å². The van der Waals surface area contributed by atoms with Gasteiger partial charge in [0.25, 0.3) is 0 Å². The van der Waals surface area contributed by atoms with Gasteiger partial charge in [0.2, 0.25) is 0 Å². The third-order valence-corrected chi connectivity index (χ3v) is 2.24. The summed E-state index contributed by atoms with van der Waals surface area (Å²) in [6.45, 7) is 8.77. The van der Waals surface area contributed by atoms with Crippen LogP contribution >= 0.6 is 0 Å². The van der Waals surface area contributed by atoms with Crippen molar-refractivity contribution in [2.24, 2.45) is 0 Å². The Labute approximate surface area is 101 Å². The first-order chi connectivity index (χ1) is 7.81. The van der Waals surface area contributed by atoms with Gasteiger partial charge in [-0.3, -0.25) is 0 Å². The van der Waals surface area contributed by atoms with Crippen LogP contribution in [0.15, 0.2) is 12.7 Å². The second kappa shape index (κ2) is 6.90. The number of hydrogen-bond acceptors (Lipinski definition) is 3. The van der Waals surface area contributed by atoms with Crippen molar-refractivity contribution in [1.29, 1.82) is 0 Å². The van der Waals surface area contributed by atoms with E-state index in [1.54, 1.807) is 19.9 Å². The smallest absolute Gasteiger partial charge is 0.328 e. The molecule has 6 heteroatoms. The van der Waals surface area contributed by atoms with Crippen molar-refractivity contribution in [2.75, 3.05) is 6.54 Å². The molecule has 0 radical (unpaired) electrons. The number of nitrogens with zero attached hydrogens (tertiary/aromatic N) is 1. The van der Waals surface area contributed by atoms with Gasteiger partial charge in [0.1, 0.15) is 0 Å². The Hall–Kier alpha value is -1.56. The lowest BCUT2D eigenvalue weighted by molar-refractivity contribution is -0.141. The minimum absolute atomic E-state index is 0.0866. The number of rotatable bonds is 6. The Morgan fingerprint density at radius 2 is 1.94 bits per heavy atom. The number of carboxylic acid groups (broad SMARTS) is 1. The number of nitrogens with one attached hydrogen (secondary N) is 1. The van der Waals surface area contributed by atoms with Crippen LogP contribution in [0.5, 0.6) is 0 Å². The first kappa shape index (κ1) is 15.4. The average molecular weight is 244 g/mol. The molecule has 0 unspecified atom stereocenters. The van der Waals surface area contributed by atoms with E-state index in [-0.39, 0.29) is 6.04 Å². The van der Waals surface area contributed by atoms with Crippen molar-refractivity contribution in [2.45, 2.75) is 39.0 Å². The molecule has 0 rings (SSSR count). The van der Waals surface area contributed by atoms with Gasteiger partial charge in [-0.05, 0) is 20.8 Å². The number of amides is 2. The monoisotopic (exact) mass is 244 g/mol. The van der Waals surface area contributed by atoms with E-state index >= 15 is 0 Å². The summed E-state index contributed by atoms with van der Waals surface area (Å²) in [4.78, 5) is 24.0. The second-order valence-corrected chi connectivity index (χ2v) is 4.04. The van der Waals surface area contributed by atoms with Crippen LogP contribution in [0.4, 0.5) is 4.79 Å². The number of aliphatic hydroxyl groups excluding tert-OH is 1. The maximum Gasteiger partial charge on any atom is 0.328 e. The summed E-state index contributed by atoms with van der Waals surface area (Å²) in [5.74, 6) is -1.27. The van der Waals surface area contributed by atoms with Crippen molar-refractivity contribution in [3.05, 3.63) is 12.7 Å². The lowest BCUT2D eigenvalue weighted by Gasteiger charge is -2.28. The first-order valence-corrected chi connectivity index (χ1v) is 5.40. The quantitative estimate of drug-likeness (QED) is 0.591. The lowest BCUT2D eigenvalue weighted by atomic mass is 10.2. The number of aliphatic hydroxyl groups is 1. The van der Waals surface area contributed by atoms with Crippen LogP contribution in [0, 0.1) is 0 Å². The van der Waals surface area contributed by atoms with E-state index in [9.17, 15) is 14.7 Å². The fraction of sp³-hybridized carbons (Fsp3) is 0.636. The zero-order valence-corrected chi connectivity index (χ0v) is 10.4. The highest BCUT2D eigenvalue weighted by molar-refractivity contribution is 5.83. The third-order valence-electron chi connectivity index (χ3n) is 2.24. The molecule has 98 valence electrons. The molecule has 0 aliphatic carbocycles. The summed E-state index contributed by atoms with van der Waals surface area (Å²) in [6.07, 6.45) is 0.395. The van der Waals surface area contributed by atoms with Crippen LogP contribution in [0.3, 0.4) is 0 Å². The molecule has 0 fully saturated rings. The SMILES string of the molecule is C=CCN(C(=O)N[C@H](C(=O)O)[C@@H](C)O)C(C)C. The number of carbonyl (C=O) groups excluding carboxylic acids is 1. The summed E-state index contributed by atoms with van der Waals surface area (Å²) >= 11 is 0. The molecule has 0 aliphatic rings. The third kappa shape index (κ3) is 4.86. The summed E-state index contributed by atoms with van der Waals surface area (Å²) < 4.78 is 0. The highest BCUT2D eigenvalue weighted by atomic mass is 16.4. The van der Waals surface area contributed by atoms with E-state index in [2.05, 4.69) is 11.9 Å². The predicted molar refractivity (Wildman–Crippen MR) is 63.7 cm³/mol. The zero-order chi connectivity index (χ0) is 13.6. The van der Waals surface area contributed by atoms with Crippen molar-refractivity contribution < 1.29 is 19.8 Å². The van der Waals surface area contributed by atoms with Crippen LogP contribution in [0.1, 0.15) is 20.8 Å². The second-order valence-electron chi connectivity index (χ2n) is 4.04. The largest absolute Gasteiger partial charge is 0.480 e. The number of hydrogen-bond donors (Lipinski definition) is 3. The van der Waals surface area contributed by atoms with Gasteiger partial charge in [-0.2, -0.15) is 0 Å². The van der Waals surface area contributed by atoms with E-state index in [0.717, 1.165) is 0 Å². The molecule has 0 aliphatic heterocycles. The van der Waals surface area contributed by atoms with Crippen molar-refractivity contribution in [1.82, 2.24) is 10.2 Å². The van der Waals surface area contributed by atoms with Crippen LogP contribution in [0.25, 0.3) is 0 Å². The standard InChI is InChI=1S/C11H20N2O4/c1-5-6-13(7(2)3)11(17)12-9(8(4)14)10(15)16/h5,7-9,14H,1,6H2,2-4H3,(H,12,17)(H,15,16)/t8-,9+/m1/s1. The summed E-state index contributed by atoms with van der Waals surface area (Å²) in [5.41, 5.74) is 0. The average Bonchev–Trinajstić information content (AvgIpc) is 2.20. The molecular formula is C11H20N2O4. The number of carbonyl (C=O) groups is 2. The molecule has 6 nitrogen and oxygen atoms in total. The summed E-state index contributed by atoms with van der Waals surface area (Å²) in [6, 6.07) is -1.93. The van der Waals surface area contributed by atoms with Crippen molar-refractivity contribution in [3.8, 4) is 0 Å². The Bertz CT molecular complexity index is 289. The molecule has 0 aromatic carbocycles. The Morgan fingerprint density at radius 1 is 1.41 bits per heavy atom. The normalized spacial score (nSPS) is 13.9. The molecule has 17 heavy (non-hydrogen) atoms. The molecule has 0 heterocycles. The maximum absolute atomic E-state index is 11.8. The van der Waals surface area contributed by atoms with Gasteiger partial charge in [-0.25, -0.2) is 9.59 Å². The topological polar surface area (TPSA) is 89.9 Å². The van der Waals surface area contributed by atoms with Crippen LogP contribution in [0.2, 0.25) is 0 Å². The van der Waals surface area contributed by atoms with E-state index in [0.29, 0.717) is 6.54 Å². The summed E-state index contributed by atoms with van der Waals surface area (Å²) in [5, 5.41) is 20.3. The van der Waals surface area contributed by atoms with Crippen molar-refractivity contribution >= 4 is 12.0 Å². The Kier molecular flexibility index (Phi) is 6.27. The van der Waals surface area contributed by atoms with Gasteiger partial charge in [-0.1, -0.05) is 6.08 Å². The maximum atomic E-state index is 11.8. The Balaban J connectivity index is 4.67. The number of aliphatic carboxylic acids is 1. The first-order valence-electron chi connectivity index (χ1n) is 5.40. The van der Waals surface area contributed by atoms with E-state index < -0.39 is 24.1 Å². The van der Waals surface area contributed by atoms with E-state index in [4.69, 9.17) is 5.11 Å². The fourth-order valence-electron chi connectivity index (χ4n) is 1.27. The van der Waals surface area contributed by atoms with Crippen LogP contribution in [-0.4, -0.2) is 51.8 Å². The van der Waals surface area contributed by atoms with Crippen LogP contribution < -0.4 is 5.32 Å². The van der Waals surface area contributed by atoms with Gasteiger partial charge < -0.3 is 20.4 Å². The minimum atomic E-state index is -1.31. The molecule has 0 aromatic rings. The molecule has 2 amide bonds. The van der Waals surface area contributed by atoms with Gasteiger partial charge >= 0.3 is 12.0 Å². The molecule has 0 saturated heterocycles. The molecule has 0 aromatic heterocycles. The lowest BCUT2D eigenvalue weighted by Crippen LogP contribution is -2.53. The number of carboxylic acids is 1. The highest BCUT2D eigenvalue weighted by Gasteiger charge is 2.27. The molecule has 2 atom stereocenters. The van der Waals surface area contributed by atoms with Gasteiger partial charge in [0.15, 0.2) is 6.04 Å². The molecule has 3 N–H and O–H groups in total. The highest BCUT2D eigenvalue weighted by Crippen LogP contribution is 2.01. The molecule has 0 bridgehead atoms. The van der Waals surface area contributed by atoms with E-state index in [1.807, 2.05) is 0 Å². The van der Waals surface area contributed by atoms with Gasteiger partial charge in [-0.15, -0.1) is 6.58 Å². The summed E-state index contributed by atoms with van der Waals surface area (Å²) in [7, 11) is 0. The van der Waals surface area contributed by atoms with Crippen LogP contribution in [-0.2, 0) is 4.79 Å².